The normalized spacial score (nSPS) is 13.4. The second-order valence-corrected chi connectivity index (χ2v) is 9.47. The summed E-state index contributed by atoms with van der Waals surface area (Å²) >= 11 is 16.2. The molecule has 0 aliphatic carbocycles. The van der Waals surface area contributed by atoms with Crippen LogP contribution in [0.25, 0.3) is 0 Å². The molecule has 1 aromatic heterocycles. The quantitative estimate of drug-likeness (QED) is 0.301. The smallest absolute Gasteiger partial charge is 0.358 e. The minimum absolute atomic E-state index is 0.0418. The van der Waals surface area contributed by atoms with Gasteiger partial charge in [-0.05, 0) is 78.5 Å². The van der Waals surface area contributed by atoms with Gasteiger partial charge in [-0.1, -0.05) is 35.3 Å². The zero-order chi connectivity index (χ0) is 23.7. The van der Waals surface area contributed by atoms with E-state index in [0.717, 1.165) is 16.8 Å². The number of carbonyl (C=O) groups is 1. The van der Waals surface area contributed by atoms with Gasteiger partial charge in [0.15, 0.2) is 21.9 Å². The van der Waals surface area contributed by atoms with Crippen molar-refractivity contribution >= 4 is 45.1 Å². The first-order valence-electron chi connectivity index (χ1n) is 10.6. The molecule has 6 nitrogen and oxygen atoms in total. The van der Waals surface area contributed by atoms with Crippen LogP contribution >= 0.6 is 39.1 Å². The van der Waals surface area contributed by atoms with E-state index in [2.05, 4.69) is 20.9 Å². The van der Waals surface area contributed by atoms with E-state index < -0.39 is 5.97 Å². The highest BCUT2D eigenvalue weighted by molar-refractivity contribution is 9.10. The Bertz CT molecular complexity index is 1180. The molecule has 0 bridgehead atoms. The van der Waals surface area contributed by atoms with Crippen LogP contribution in [0.3, 0.4) is 0 Å². The van der Waals surface area contributed by atoms with Gasteiger partial charge in [0, 0.05) is 17.0 Å². The molecule has 2 aromatic carbocycles. The Kier molecular flexibility index (Phi) is 7.22. The molecule has 4 rings (SSSR count). The van der Waals surface area contributed by atoms with Crippen molar-refractivity contribution in [2.75, 3.05) is 13.4 Å². The van der Waals surface area contributed by atoms with E-state index >= 15 is 0 Å². The number of nitrogens with zero attached hydrogens (tertiary/aromatic N) is 2. The first kappa shape index (κ1) is 23.9. The lowest BCUT2D eigenvalue weighted by atomic mass is 9.87. The van der Waals surface area contributed by atoms with Crippen molar-refractivity contribution in [1.82, 2.24) is 9.55 Å². The summed E-state index contributed by atoms with van der Waals surface area (Å²) in [6.45, 7) is 6.26. The highest BCUT2D eigenvalue weighted by Crippen LogP contribution is 2.42. The molecule has 0 saturated carbocycles. The summed E-state index contributed by atoms with van der Waals surface area (Å²) in [4.78, 5) is 17.4. The van der Waals surface area contributed by atoms with Gasteiger partial charge in [0.05, 0.1) is 17.3 Å². The number of rotatable bonds is 7. The molecule has 3 aromatic rings. The summed E-state index contributed by atoms with van der Waals surface area (Å²) in [6.07, 6.45) is 0.537. The van der Waals surface area contributed by atoms with Gasteiger partial charge >= 0.3 is 5.97 Å². The van der Waals surface area contributed by atoms with Crippen molar-refractivity contribution in [2.24, 2.45) is 0 Å². The van der Waals surface area contributed by atoms with Crippen molar-refractivity contribution in [1.29, 1.82) is 0 Å². The van der Waals surface area contributed by atoms with Crippen LogP contribution in [0.2, 0.25) is 10.0 Å². The Balaban J connectivity index is 1.88. The maximum Gasteiger partial charge on any atom is 0.358 e. The summed E-state index contributed by atoms with van der Waals surface area (Å²) in [5, 5.41) is 1.12. The maximum absolute atomic E-state index is 12.9. The monoisotopic (exact) mass is 552 g/mol. The molecule has 0 fully saturated rings. The molecular formula is C24H23BrCl2N2O4. The van der Waals surface area contributed by atoms with Gasteiger partial charge in [0.25, 0.3) is 0 Å². The number of esters is 1. The second kappa shape index (κ2) is 9.95. The standard InChI is InChI=1S/C24H23BrCl2N2O4/c1-4-31-23(30)20-21(29(13(2)3)24(25)28-20)17(15-5-7-16(26)8-6-15)9-14-10-18(27)22-19(11-14)32-12-33-22/h5-8,10-11,13,17H,4,9,12H2,1-3H3. The molecule has 0 N–H and O–H groups in total. The number of carbonyl (C=O) groups excluding carboxylic acids is 1. The highest BCUT2D eigenvalue weighted by atomic mass is 79.9. The Morgan fingerprint density at radius 3 is 2.61 bits per heavy atom. The topological polar surface area (TPSA) is 62.6 Å². The molecule has 1 atom stereocenters. The van der Waals surface area contributed by atoms with E-state index in [0.29, 0.717) is 32.7 Å². The van der Waals surface area contributed by atoms with Gasteiger partial charge in [-0.3, -0.25) is 0 Å². The van der Waals surface area contributed by atoms with E-state index in [1.165, 1.54) is 0 Å². The summed E-state index contributed by atoms with van der Waals surface area (Å²) in [5.41, 5.74) is 2.95. The number of benzene rings is 2. The Morgan fingerprint density at radius 2 is 1.94 bits per heavy atom. The molecule has 1 unspecified atom stereocenters. The van der Waals surface area contributed by atoms with Gasteiger partial charge in [-0.25, -0.2) is 9.78 Å². The highest BCUT2D eigenvalue weighted by Gasteiger charge is 2.31. The molecule has 0 saturated heterocycles. The van der Waals surface area contributed by atoms with Crippen LogP contribution in [-0.4, -0.2) is 28.9 Å². The van der Waals surface area contributed by atoms with Crippen molar-refractivity contribution in [3.8, 4) is 11.5 Å². The largest absolute Gasteiger partial charge is 0.461 e. The maximum atomic E-state index is 12.9. The average molecular weight is 554 g/mol. The van der Waals surface area contributed by atoms with Crippen LogP contribution in [-0.2, 0) is 11.2 Å². The Labute approximate surface area is 210 Å². The fraction of sp³-hybridized carbons (Fsp3) is 0.333. The lowest BCUT2D eigenvalue weighted by Gasteiger charge is -2.23. The lowest BCUT2D eigenvalue weighted by Crippen LogP contribution is -2.18. The van der Waals surface area contributed by atoms with Gasteiger partial charge < -0.3 is 18.8 Å². The van der Waals surface area contributed by atoms with Gasteiger partial charge in [0.2, 0.25) is 6.79 Å². The van der Waals surface area contributed by atoms with E-state index in [-0.39, 0.29) is 31.1 Å². The Morgan fingerprint density at radius 1 is 1.21 bits per heavy atom. The average Bonchev–Trinajstić information content (AvgIpc) is 3.37. The predicted molar refractivity (Wildman–Crippen MR) is 131 cm³/mol. The second-order valence-electron chi connectivity index (χ2n) is 7.92. The molecule has 1 aliphatic rings. The summed E-state index contributed by atoms with van der Waals surface area (Å²) in [7, 11) is 0. The zero-order valence-electron chi connectivity index (χ0n) is 18.4. The third kappa shape index (κ3) is 4.86. The van der Waals surface area contributed by atoms with Gasteiger partial charge in [-0.2, -0.15) is 0 Å². The third-order valence-electron chi connectivity index (χ3n) is 5.42. The summed E-state index contributed by atoms with van der Waals surface area (Å²) in [6, 6.07) is 11.4. The van der Waals surface area contributed by atoms with E-state index in [1.807, 2.05) is 54.8 Å². The molecule has 1 aliphatic heterocycles. The number of hydrogen-bond donors (Lipinski definition) is 0. The van der Waals surface area contributed by atoms with Crippen LogP contribution < -0.4 is 9.47 Å². The number of imidazole rings is 1. The van der Waals surface area contributed by atoms with Gasteiger partial charge in [0.1, 0.15) is 0 Å². The molecule has 0 amide bonds. The number of hydrogen-bond acceptors (Lipinski definition) is 5. The third-order valence-corrected chi connectivity index (χ3v) is 6.51. The minimum atomic E-state index is -0.463. The molecular weight excluding hydrogens is 531 g/mol. The fourth-order valence-electron chi connectivity index (χ4n) is 4.03. The number of fused-ring (bicyclic) bond motifs is 1. The minimum Gasteiger partial charge on any atom is -0.461 e. The number of aromatic nitrogens is 2. The lowest BCUT2D eigenvalue weighted by molar-refractivity contribution is 0.0518. The SMILES string of the molecule is CCOC(=O)c1nc(Br)n(C(C)C)c1C(Cc1cc(Cl)c2c(c1)OCO2)c1ccc(Cl)cc1. The van der Waals surface area contributed by atoms with Crippen LogP contribution in [0, 0.1) is 0 Å². The Hall–Kier alpha value is -2.22. The molecule has 0 spiro atoms. The molecule has 174 valence electrons. The molecule has 9 heteroatoms. The molecule has 0 radical (unpaired) electrons. The zero-order valence-corrected chi connectivity index (χ0v) is 21.5. The predicted octanol–water partition coefficient (Wildman–Crippen LogP) is 6.81. The van der Waals surface area contributed by atoms with Crippen molar-refractivity contribution in [3.05, 3.63) is 73.7 Å². The van der Waals surface area contributed by atoms with Crippen LogP contribution in [0.4, 0.5) is 0 Å². The molecule has 33 heavy (non-hydrogen) atoms. The van der Waals surface area contributed by atoms with Crippen molar-refractivity contribution in [2.45, 2.75) is 39.2 Å². The molecule has 2 heterocycles. The van der Waals surface area contributed by atoms with E-state index in [9.17, 15) is 4.79 Å². The fourth-order valence-corrected chi connectivity index (χ4v) is 5.22. The van der Waals surface area contributed by atoms with E-state index in [4.69, 9.17) is 37.4 Å². The van der Waals surface area contributed by atoms with Crippen molar-refractivity contribution in [3.63, 3.8) is 0 Å². The first-order chi connectivity index (χ1) is 15.8. The van der Waals surface area contributed by atoms with Crippen LogP contribution in [0.15, 0.2) is 41.1 Å². The summed E-state index contributed by atoms with van der Waals surface area (Å²) in [5.74, 6) is 0.455. The first-order valence-corrected chi connectivity index (χ1v) is 12.1. The van der Waals surface area contributed by atoms with Crippen LogP contribution in [0.5, 0.6) is 11.5 Å². The van der Waals surface area contributed by atoms with Gasteiger partial charge in [-0.15, -0.1) is 0 Å². The van der Waals surface area contributed by atoms with E-state index in [1.54, 1.807) is 6.92 Å². The number of halogens is 3. The van der Waals surface area contributed by atoms with Crippen LogP contribution in [0.1, 0.15) is 60.0 Å². The summed E-state index contributed by atoms with van der Waals surface area (Å²) < 4.78 is 18.9. The van der Waals surface area contributed by atoms with Crippen molar-refractivity contribution < 1.29 is 19.0 Å². The number of ether oxygens (including phenoxy) is 3.